The summed E-state index contributed by atoms with van der Waals surface area (Å²) in [7, 11) is 0. The summed E-state index contributed by atoms with van der Waals surface area (Å²) in [4.78, 5) is 17.3. The van der Waals surface area contributed by atoms with Gasteiger partial charge in [-0.1, -0.05) is 12.8 Å². The summed E-state index contributed by atoms with van der Waals surface area (Å²) < 4.78 is 7.20. The van der Waals surface area contributed by atoms with E-state index in [0.29, 0.717) is 37.6 Å². The average Bonchev–Trinajstić information content (AvgIpc) is 3.57. The molecule has 1 saturated carbocycles. The SMILES string of the molecule is O=C(CCc1nnc2ccc(N3CCOCC3)nn12)NCC1CCN(C2CCCC2)C1. The highest BCUT2D eigenvalue weighted by Crippen LogP contribution is 2.28. The van der Waals surface area contributed by atoms with Crippen LogP contribution in [0.4, 0.5) is 5.82 Å². The molecular formula is C22H33N7O2. The molecule has 5 rings (SSSR count). The van der Waals surface area contributed by atoms with E-state index in [-0.39, 0.29) is 5.91 Å². The number of nitrogens with zero attached hydrogens (tertiary/aromatic N) is 6. The van der Waals surface area contributed by atoms with Crippen molar-refractivity contribution in [1.29, 1.82) is 0 Å². The zero-order valence-electron chi connectivity index (χ0n) is 18.2. The molecule has 0 bridgehead atoms. The van der Waals surface area contributed by atoms with Gasteiger partial charge in [-0.25, -0.2) is 0 Å². The lowest BCUT2D eigenvalue weighted by molar-refractivity contribution is -0.121. The fourth-order valence-electron chi connectivity index (χ4n) is 5.14. The van der Waals surface area contributed by atoms with Crippen LogP contribution in [0.5, 0.6) is 0 Å². The molecule has 3 aliphatic rings. The van der Waals surface area contributed by atoms with Gasteiger partial charge in [-0.2, -0.15) is 4.52 Å². The lowest BCUT2D eigenvalue weighted by Crippen LogP contribution is -2.37. The van der Waals surface area contributed by atoms with Crippen LogP contribution in [0, 0.1) is 5.92 Å². The van der Waals surface area contributed by atoms with Crippen LogP contribution in [-0.2, 0) is 16.0 Å². The smallest absolute Gasteiger partial charge is 0.220 e. The van der Waals surface area contributed by atoms with Crippen molar-refractivity contribution in [2.45, 2.75) is 51.0 Å². The second-order valence-corrected chi connectivity index (χ2v) is 9.07. The van der Waals surface area contributed by atoms with Gasteiger partial charge in [0.25, 0.3) is 0 Å². The van der Waals surface area contributed by atoms with Crippen LogP contribution in [0.3, 0.4) is 0 Å². The highest BCUT2D eigenvalue weighted by atomic mass is 16.5. The first-order chi connectivity index (χ1) is 15.3. The summed E-state index contributed by atoms with van der Waals surface area (Å²) in [5, 5.41) is 16.3. The molecule has 9 nitrogen and oxygen atoms in total. The highest BCUT2D eigenvalue weighted by molar-refractivity contribution is 5.76. The first-order valence-electron chi connectivity index (χ1n) is 11.8. The van der Waals surface area contributed by atoms with Crippen LogP contribution in [0.1, 0.15) is 44.3 Å². The number of amides is 1. The molecular weight excluding hydrogens is 394 g/mol. The van der Waals surface area contributed by atoms with E-state index in [9.17, 15) is 4.79 Å². The molecule has 168 valence electrons. The number of hydrogen-bond donors (Lipinski definition) is 1. The number of fused-ring (bicyclic) bond motifs is 1. The summed E-state index contributed by atoms with van der Waals surface area (Å²) >= 11 is 0. The van der Waals surface area contributed by atoms with Gasteiger partial charge < -0.3 is 19.9 Å². The lowest BCUT2D eigenvalue weighted by Gasteiger charge is -2.27. The maximum atomic E-state index is 12.5. The maximum Gasteiger partial charge on any atom is 0.220 e. The van der Waals surface area contributed by atoms with Crippen LogP contribution < -0.4 is 10.2 Å². The number of aromatic nitrogens is 4. The van der Waals surface area contributed by atoms with Crippen LogP contribution in [0.2, 0.25) is 0 Å². The van der Waals surface area contributed by atoms with Crippen LogP contribution >= 0.6 is 0 Å². The molecule has 0 spiro atoms. The summed E-state index contributed by atoms with van der Waals surface area (Å²) in [5.74, 6) is 2.29. The largest absolute Gasteiger partial charge is 0.378 e. The van der Waals surface area contributed by atoms with Crippen LogP contribution in [-0.4, -0.2) is 82.6 Å². The summed E-state index contributed by atoms with van der Waals surface area (Å²) in [6.07, 6.45) is 7.60. The van der Waals surface area contributed by atoms with Gasteiger partial charge in [-0.15, -0.1) is 15.3 Å². The van der Waals surface area contributed by atoms with Gasteiger partial charge in [0, 0.05) is 45.1 Å². The van der Waals surface area contributed by atoms with E-state index in [1.165, 1.54) is 38.6 Å². The molecule has 0 aromatic carbocycles. The molecule has 2 saturated heterocycles. The third kappa shape index (κ3) is 4.82. The van der Waals surface area contributed by atoms with Crippen molar-refractivity contribution in [3.63, 3.8) is 0 Å². The van der Waals surface area contributed by atoms with Gasteiger partial charge in [0.05, 0.1) is 13.2 Å². The van der Waals surface area contributed by atoms with Crippen molar-refractivity contribution in [3.05, 3.63) is 18.0 Å². The van der Waals surface area contributed by atoms with Gasteiger partial charge in [0.15, 0.2) is 11.5 Å². The predicted octanol–water partition coefficient (Wildman–Crippen LogP) is 1.27. The number of anilines is 1. The standard InChI is InChI=1S/C22H33N7O2/c30-22(23-15-17-9-10-28(16-17)18-3-1-2-4-18)8-7-20-25-24-19-5-6-21(26-29(19)20)27-11-13-31-14-12-27/h5-6,17-18H,1-4,7-16H2,(H,23,30). The van der Waals surface area contributed by atoms with Crippen molar-refractivity contribution in [2.24, 2.45) is 5.92 Å². The third-order valence-corrected chi connectivity index (χ3v) is 6.97. The Hall–Kier alpha value is -2.26. The van der Waals surface area contributed by atoms with E-state index in [0.717, 1.165) is 43.9 Å². The Balaban J connectivity index is 1.11. The van der Waals surface area contributed by atoms with Crippen molar-refractivity contribution in [1.82, 2.24) is 30.0 Å². The molecule has 0 radical (unpaired) electrons. The highest BCUT2D eigenvalue weighted by Gasteiger charge is 2.29. The van der Waals surface area contributed by atoms with E-state index in [1.54, 1.807) is 4.52 Å². The Labute approximate surface area is 183 Å². The molecule has 1 unspecified atom stereocenters. The second-order valence-electron chi connectivity index (χ2n) is 9.07. The van der Waals surface area contributed by atoms with E-state index >= 15 is 0 Å². The van der Waals surface area contributed by atoms with Gasteiger partial charge in [-0.3, -0.25) is 4.79 Å². The minimum Gasteiger partial charge on any atom is -0.378 e. The lowest BCUT2D eigenvalue weighted by atomic mass is 10.1. The number of rotatable bonds is 7. The molecule has 2 aliphatic heterocycles. The number of aryl methyl sites for hydroxylation is 1. The Morgan fingerprint density at radius 3 is 2.77 bits per heavy atom. The normalized spacial score (nSPS) is 23.1. The Kier molecular flexibility index (Phi) is 6.31. The van der Waals surface area contributed by atoms with E-state index in [2.05, 4.69) is 25.3 Å². The van der Waals surface area contributed by atoms with Crippen molar-refractivity contribution >= 4 is 17.4 Å². The number of hydrogen-bond acceptors (Lipinski definition) is 7. The molecule has 2 aromatic rings. The van der Waals surface area contributed by atoms with E-state index in [1.807, 2.05) is 12.1 Å². The van der Waals surface area contributed by atoms with Gasteiger partial charge in [0.2, 0.25) is 5.91 Å². The number of ether oxygens (including phenoxy) is 1. The first-order valence-corrected chi connectivity index (χ1v) is 11.8. The summed E-state index contributed by atoms with van der Waals surface area (Å²) in [5.41, 5.74) is 0.713. The zero-order valence-corrected chi connectivity index (χ0v) is 18.2. The summed E-state index contributed by atoms with van der Waals surface area (Å²) in [6.45, 7) is 6.20. The molecule has 2 aromatic heterocycles. The molecule has 3 fully saturated rings. The maximum absolute atomic E-state index is 12.5. The van der Waals surface area contributed by atoms with E-state index in [4.69, 9.17) is 9.84 Å². The van der Waals surface area contributed by atoms with Gasteiger partial charge in [0.1, 0.15) is 5.82 Å². The average molecular weight is 428 g/mol. The molecule has 31 heavy (non-hydrogen) atoms. The minimum atomic E-state index is 0.0837. The van der Waals surface area contributed by atoms with Crippen LogP contribution in [0.25, 0.3) is 5.65 Å². The fraction of sp³-hybridized carbons (Fsp3) is 0.727. The number of carbonyl (C=O) groups excluding carboxylic acids is 1. The molecule has 1 N–H and O–H groups in total. The van der Waals surface area contributed by atoms with E-state index < -0.39 is 0 Å². The van der Waals surface area contributed by atoms with Gasteiger partial charge in [-0.05, 0) is 43.9 Å². The Morgan fingerprint density at radius 2 is 1.94 bits per heavy atom. The molecule has 9 heteroatoms. The molecule has 1 aliphatic carbocycles. The quantitative estimate of drug-likeness (QED) is 0.712. The fourth-order valence-corrected chi connectivity index (χ4v) is 5.14. The zero-order chi connectivity index (χ0) is 21.0. The van der Waals surface area contributed by atoms with Crippen molar-refractivity contribution in [3.8, 4) is 0 Å². The number of carbonyl (C=O) groups is 1. The Bertz CT molecular complexity index is 889. The number of morpholine rings is 1. The number of likely N-dealkylation sites (tertiary alicyclic amines) is 1. The van der Waals surface area contributed by atoms with Gasteiger partial charge >= 0.3 is 0 Å². The van der Waals surface area contributed by atoms with Crippen LogP contribution in [0.15, 0.2) is 12.1 Å². The number of nitrogens with one attached hydrogen (secondary N) is 1. The minimum absolute atomic E-state index is 0.0837. The topological polar surface area (TPSA) is 87.9 Å². The second kappa shape index (κ2) is 9.48. The molecule has 1 amide bonds. The summed E-state index contributed by atoms with van der Waals surface area (Å²) in [6, 6.07) is 4.70. The monoisotopic (exact) mass is 427 g/mol. The Morgan fingerprint density at radius 1 is 1.10 bits per heavy atom. The van der Waals surface area contributed by atoms with Crippen molar-refractivity contribution in [2.75, 3.05) is 50.8 Å². The first kappa shape index (κ1) is 20.6. The third-order valence-electron chi connectivity index (χ3n) is 6.97. The van der Waals surface area contributed by atoms with Crippen molar-refractivity contribution < 1.29 is 9.53 Å². The predicted molar refractivity (Wildman–Crippen MR) is 117 cm³/mol. The molecule has 4 heterocycles. The molecule has 1 atom stereocenters.